The van der Waals surface area contributed by atoms with Crippen molar-refractivity contribution in [1.82, 2.24) is 10.2 Å². The number of aromatic nitrogens is 2. The van der Waals surface area contributed by atoms with E-state index >= 15 is 0 Å². The number of anilines is 2. The molecule has 0 aliphatic carbocycles. The van der Waals surface area contributed by atoms with Crippen molar-refractivity contribution < 1.29 is 4.74 Å². The average molecular weight is 352 g/mol. The van der Waals surface area contributed by atoms with Crippen LogP contribution in [-0.4, -0.2) is 23.5 Å². The molecule has 1 aromatic heterocycles. The molecule has 0 spiro atoms. The third-order valence-electron chi connectivity index (χ3n) is 3.40. The SMILES string of the molecule is COc1cccc(C=Nc2n[nH]c(Nc3ccc(Cl)cc3)c2C#N)c1. The fourth-order valence-electron chi connectivity index (χ4n) is 2.16. The van der Waals surface area contributed by atoms with Crippen molar-refractivity contribution in [3.8, 4) is 11.8 Å². The first-order valence-corrected chi connectivity index (χ1v) is 7.76. The summed E-state index contributed by atoms with van der Waals surface area (Å²) in [6.45, 7) is 0. The van der Waals surface area contributed by atoms with Gasteiger partial charge in [0, 0.05) is 16.9 Å². The Bertz CT molecular complexity index is 941. The lowest BCUT2D eigenvalue weighted by Gasteiger charge is -2.03. The van der Waals surface area contributed by atoms with Crippen LogP contribution < -0.4 is 10.1 Å². The van der Waals surface area contributed by atoms with Crippen LogP contribution in [0.2, 0.25) is 5.02 Å². The Morgan fingerprint density at radius 1 is 1.28 bits per heavy atom. The van der Waals surface area contributed by atoms with Crippen LogP contribution in [0.15, 0.2) is 53.5 Å². The molecule has 0 aliphatic rings. The van der Waals surface area contributed by atoms with Crippen molar-refractivity contribution >= 4 is 35.1 Å². The van der Waals surface area contributed by atoms with E-state index in [9.17, 15) is 5.26 Å². The minimum Gasteiger partial charge on any atom is -0.497 e. The zero-order chi connectivity index (χ0) is 17.6. The number of methoxy groups -OCH3 is 1. The average Bonchev–Trinajstić information content (AvgIpc) is 3.03. The molecule has 0 saturated carbocycles. The number of H-pyrrole nitrogens is 1. The molecular weight excluding hydrogens is 338 g/mol. The van der Waals surface area contributed by atoms with Crippen LogP contribution in [0.25, 0.3) is 0 Å². The van der Waals surface area contributed by atoms with Crippen molar-refractivity contribution in [1.29, 1.82) is 5.26 Å². The number of ether oxygens (including phenoxy) is 1. The normalized spacial score (nSPS) is 10.6. The Balaban J connectivity index is 1.83. The Morgan fingerprint density at radius 3 is 2.80 bits per heavy atom. The van der Waals surface area contributed by atoms with E-state index in [2.05, 4.69) is 26.6 Å². The van der Waals surface area contributed by atoms with E-state index in [1.165, 1.54) is 0 Å². The number of aliphatic imine (C=N–C) groups is 1. The number of hydrogen-bond donors (Lipinski definition) is 2. The summed E-state index contributed by atoms with van der Waals surface area (Å²) in [5.74, 6) is 1.51. The minimum atomic E-state index is 0.307. The van der Waals surface area contributed by atoms with Crippen LogP contribution in [0.1, 0.15) is 11.1 Å². The van der Waals surface area contributed by atoms with E-state index in [1.54, 1.807) is 25.5 Å². The molecule has 0 atom stereocenters. The number of nitriles is 1. The summed E-state index contributed by atoms with van der Waals surface area (Å²) in [6, 6.07) is 16.7. The molecule has 3 aromatic rings. The molecule has 0 saturated heterocycles. The second-order valence-corrected chi connectivity index (χ2v) is 5.51. The van der Waals surface area contributed by atoms with E-state index in [-0.39, 0.29) is 0 Å². The lowest BCUT2D eigenvalue weighted by molar-refractivity contribution is 0.415. The maximum atomic E-state index is 9.42. The van der Waals surface area contributed by atoms with Gasteiger partial charge in [0.2, 0.25) is 0 Å². The van der Waals surface area contributed by atoms with E-state index < -0.39 is 0 Å². The Morgan fingerprint density at radius 2 is 2.08 bits per heavy atom. The van der Waals surface area contributed by atoms with E-state index in [4.69, 9.17) is 16.3 Å². The van der Waals surface area contributed by atoms with Crippen molar-refractivity contribution in [2.24, 2.45) is 4.99 Å². The van der Waals surface area contributed by atoms with Crippen LogP contribution in [0.3, 0.4) is 0 Å². The highest BCUT2D eigenvalue weighted by Crippen LogP contribution is 2.26. The predicted molar refractivity (Wildman–Crippen MR) is 98.3 cm³/mol. The summed E-state index contributed by atoms with van der Waals surface area (Å²) < 4.78 is 5.18. The molecule has 3 rings (SSSR count). The number of nitrogens with zero attached hydrogens (tertiary/aromatic N) is 3. The first kappa shape index (κ1) is 16.6. The highest BCUT2D eigenvalue weighted by Gasteiger charge is 2.12. The first-order valence-electron chi connectivity index (χ1n) is 7.39. The van der Waals surface area contributed by atoms with Crippen molar-refractivity contribution in [3.05, 3.63) is 64.7 Å². The van der Waals surface area contributed by atoms with Gasteiger partial charge in [-0.1, -0.05) is 23.7 Å². The van der Waals surface area contributed by atoms with E-state index in [0.717, 1.165) is 17.0 Å². The van der Waals surface area contributed by atoms with Gasteiger partial charge in [0.05, 0.1) is 7.11 Å². The van der Waals surface area contributed by atoms with Gasteiger partial charge in [-0.3, -0.25) is 5.10 Å². The van der Waals surface area contributed by atoms with Crippen LogP contribution in [-0.2, 0) is 0 Å². The zero-order valence-corrected chi connectivity index (χ0v) is 14.1. The zero-order valence-electron chi connectivity index (χ0n) is 13.3. The highest BCUT2D eigenvalue weighted by molar-refractivity contribution is 6.30. The summed E-state index contributed by atoms with van der Waals surface area (Å²) >= 11 is 5.87. The van der Waals surface area contributed by atoms with Gasteiger partial charge in [-0.05, 0) is 42.0 Å². The quantitative estimate of drug-likeness (QED) is 0.665. The first-order chi connectivity index (χ1) is 12.2. The number of hydrogen-bond acceptors (Lipinski definition) is 5. The smallest absolute Gasteiger partial charge is 0.193 e. The molecule has 0 radical (unpaired) electrons. The molecule has 2 aromatic carbocycles. The largest absolute Gasteiger partial charge is 0.497 e. The second kappa shape index (κ2) is 7.51. The highest BCUT2D eigenvalue weighted by atomic mass is 35.5. The lowest BCUT2D eigenvalue weighted by atomic mass is 10.2. The molecule has 2 N–H and O–H groups in total. The van der Waals surface area contributed by atoms with Gasteiger partial charge in [0.15, 0.2) is 5.82 Å². The standard InChI is InChI=1S/C18H14ClN5O/c1-25-15-4-2-3-12(9-15)11-21-17-16(10-20)18(24-23-17)22-14-7-5-13(19)6-8-14/h2-9,11H,1H3,(H2,22,23,24). The van der Waals surface area contributed by atoms with Crippen LogP contribution >= 0.6 is 11.6 Å². The molecule has 0 unspecified atom stereocenters. The molecule has 6 nitrogen and oxygen atoms in total. The molecule has 0 fully saturated rings. The van der Waals surface area contributed by atoms with Crippen LogP contribution in [0.5, 0.6) is 5.75 Å². The topological polar surface area (TPSA) is 86.1 Å². The fraction of sp³-hybridized carbons (Fsp3) is 0.0556. The number of nitrogens with one attached hydrogen (secondary N) is 2. The van der Waals surface area contributed by atoms with Gasteiger partial charge in [-0.15, -0.1) is 0 Å². The van der Waals surface area contributed by atoms with Crippen LogP contribution in [0, 0.1) is 11.3 Å². The summed E-state index contributed by atoms with van der Waals surface area (Å²) in [6.07, 6.45) is 1.63. The van der Waals surface area contributed by atoms with E-state index in [1.807, 2.05) is 36.4 Å². The van der Waals surface area contributed by atoms with Gasteiger partial charge in [-0.2, -0.15) is 10.4 Å². The van der Waals surface area contributed by atoms with E-state index in [0.29, 0.717) is 22.2 Å². The number of benzene rings is 2. The van der Waals surface area contributed by atoms with Crippen LogP contribution in [0.4, 0.5) is 17.3 Å². The summed E-state index contributed by atoms with van der Waals surface area (Å²) in [7, 11) is 1.60. The number of aromatic amines is 1. The Labute approximate surface area is 149 Å². The molecule has 1 heterocycles. The van der Waals surface area contributed by atoms with Crippen molar-refractivity contribution in [3.63, 3.8) is 0 Å². The molecule has 25 heavy (non-hydrogen) atoms. The van der Waals surface area contributed by atoms with Gasteiger partial charge in [0.1, 0.15) is 23.2 Å². The summed E-state index contributed by atoms with van der Waals surface area (Å²) in [4.78, 5) is 4.29. The number of rotatable bonds is 5. The molecule has 0 amide bonds. The van der Waals surface area contributed by atoms with Crippen molar-refractivity contribution in [2.45, 2.75) is 0 Å². The number of halogens is 1. The maximum absolute atomic E-state index is 9.42. The lowest BCUT2D eigenvalue weighted by Crippen LogP contribution is -1.92. The predicted octanol–water partition coefficient (Wildman–Crippen LogP) is 4.44. The summed E-state index contributed by atoms with van der Waals surface area (Å²) in [5.41, 5.74) is 1.96. The van der Waals surface area contributed by atoms with Gasteiger partial charge in [-0.25, -0.2) is 4.99 Å². The molecule has 0 bridgehead atoms. The maximum Gasteiger partial charge on any atom is 0.193 e. The molecule has 124 valence electrons. The van der Waals surface area contributed by atoms with Gasteiger partial charge in [0.25, 0.3) is 0 Å². The van der Waals surface area contributed by atoms with Crippen molar-refractivity contribution in [2.75, 3.05) is 12.4 Å². The van der Waals surface area contributed by atoms with Gasteiger partial charge < -0.3 is 10.1 Å². The van der Waals surface area contributed by atoms with Gasteiger partial charge >= 0.3 is 0 Å². The molecular formula is C18H14ClN5O. The second-order valence-electron chi connectivity index (χ2n) is 5.08. The Hall–Kier alpha value is -3.30. The summed E-state index contributed by atoms with van der Waals surface area (Å²) in [5, 5.41) is 20.0. The minimum absolute atomic E-state index is 0.307. The fourth-order valence-corrected chi connectivity index (χ4v) is 2.28. The third-order valence-corrected chi connectivity index (χ3v) is 3.65. The Kier molecular flexibility index (Phi) is 4.97. The molecule has 7 heteroatoms. The third kappa shape index (κ3) is 3.97. The monoisotopic (exact) mass is 351 g/mol. The molecule has 0 aliphatic heterocycles.